The highest BCUT2D eigenvalue weighted by Gasteiger charge is 2.56. The Morgan fingerprint density at radius 3 is 2.50 bits per heavy atom. The van der Waals surface area contributed by atoms with Gasteiger partial charge in [0.25, 0.3) is 0 Å². The van der Waals surface area contributed by atoms with E-state index < -0.39 is 0 Å². The van der Waals surface area contributed by atoms with E-state index in [0.717, 1.165) is 45.4 Å². The normalized spacial score (nSPS) is 32.2. The van der Waals surface area contributed by atoms with Gasteiger partial charge in [-0.05, 0) is 19.8 Å². The van der Waals surface area contributed by atoms with Crippen molar-refractivity contribution in [2.75, 3.05) is 32.8 Å². The number of carbonyl (C=O) groups excluding carboxylic acids is 1. The molecule has 1 aliphatic carbocycles. The lowest BCUT2D eigenvalue weighted by Gasteiger charge is -2.56. The van der Waals surface area contributed by atoms with Crippen LogP contribution in [0.4, 0.5) is 0 Å². The van der Waals surface area contributed by atoms with Crippen molar-refractivity contribution in [1.29, 1.82) is 0 Å². The minimum atomic E-state index is -0.244. The van der Waals surface area contributed by atoms with Gasteiger partial charge in [-0.1, -0.05) is 0 Å². The average Bonchev–Trinajstić information content (AvgIpc) is 2.37. The Bertz CT molecular complexity index is 352. The van der Waals surface area contributed by atoms with Crippen LogP contribution in [0.1, 0.15) is 26.2 Å². The Hall–Kier alpha value is -0.360. The second kappa shape index (κ2) is 6.18. The summed E-state index contributed by atoms with van der Waals surface area (Å²) in [5.74, 6) is 0.471. The number of hydrogen-bond donors (Lipinski definition) is 2. The van der Waals surface area contributed by atoms with Crippen LogP contribution in [0.3, 0.4) is 0 Å². The van der Waals surface area contributed by atoms with E-state index in [1.165, 1.54) is 0 Å². The molecule has 116 valence electrons. The molecular formula is C14H25ClN2O3. The van der Waals surface area contributed by atoms with Crippen LogP contribution in [0, 0.1) is 11.3 Å². The maximum absolute atomic E-state index is 12.2. The molecule has 2 unspecified atom stereocenters. The molecule has 2 atom stereocenters. The number of rotatable bonds is 3. The van der Waals surface area contributed by atoms with E-state index in [-0.39, 0.29) is 41.9 Å². The van der Waals surface area contributed by atoms with Crippen LogP contribution < -0.4 is 5.32 Å². The Labute approximate surface area is 126 Å². The third kappa shape index (κ3) is 2.45. The quantitative estimate of drug-likeness (QED) is 0.793. The number of amides is 1. The summed E-state index contributed by atoms with van der Waals surface area (Å²) in [6.07, 6.45) is 2.46. The maximum Gasteiger partial charge on any atom is 0.228 e. The topological polar surface area (TPSA) is 61.8 Å². The first-order chi connectivity index (χ1) is 9.17. The lowest BCUT2D eigenvalue weighted by Crippen LogP contribution is -2.63. The van der Waals surface area contributed by atoms with Gasteiger partial charge in [0.1, 0.15) is 0 Å². The Balaban J connectivity index is 0.00000147. The van der Waals surface area contributed by atoms with E-state index in [1.54, 1.807) is 0 Å². The second-order valence-corrected chi connectivity index (χ2v) is 6.11. The third-order valence-electron chi connectivity index (χ3n) is 5.25. The standard InChI is InChI=1S/C14H24N2O3.ClH/c1-2-19-12-7-11(17)14(12)3-5-16(6-4-14)13(18)10-8-15-9-10;/h10-12,15,17H,2-9H2,1H3;1H. The molecule has 3 fully saturated rings. The van der Waals surface area contributed by atoms with Crippen LogP contribution in [0.2, 0.25) is 0 Å². The Morgan fingerprint density at radius 2 is 2.05 bits per heavy atom. The zero-order chi connectivity index (χ0) is 13.5. The van der Waals surface area contributed by atoms with Gasteiger partial charge in [-0.2, -0.15) is 0 Å². The minimum Gasteiger partial charge on any atom is -0.392 e. The molecule has 6 heteroatoms. The fourth-order valence-electron chi connectivity index (χ4n) is 3.68. The number of ether oxygens (including phenoxy) is 1. The maximum atomic E-state index is 12.2. The molecule has 3 rings (SSSR count). The third-order valence-corrected chi connectivity index (χ3v) is 5.25. The van der Waals surface area contributed by atoms with Crippen LogP contribution in [0.5, 0.6) is 0 Å². The van der Waals surface area contributed by atoms with Crippen molar-refractivity contribution >= 4 is 18.3 Å². The first kappa shape index (κ1) is 16.0. The number of aliphatic hydroxyl groups excluding tert-OH is 1. The smallest absolute Gasteiger partial charge is 0.228 e. The molecule has 2 N–H and O–H groups in total. The molecule has 3 aliphatic rings. The van der Waals surface area contributed by atoms with Crippen LogP contribution in [0.15, 0.2) is 0 Å². The zero-order valence-corrected chi connectivity index (χ0v) is 12.8. The van der Waals surface area contributed by atoms with Gasteiger partial charge < -0.3 is 20.1 Å². The number of carbonyl (C=O) groups is 1. The first-order valence-electron chi connectivity index (χ1n) is 7.46. The van der Waals surface area contributed by atoms with Gasteiger partial charge in [-0.25, -0.2) is 0 Å². The van der Waals surface area contributed by atoms with E-state index in [1.807, 2.05) is 11.8 Å². The summed E-state index contributed by atoms with van der Waals surface area (Å²) in [5.41, 5.74) is -0.0787. The molecule has 2 saturated heterocycles. The Morgan fingerprint density at radius 1 is 1.40 bits per heavy atom. The van der Waals surface area contributed by atoms with Crippen molar-refractivity contribution in [2.45, 2.75) is 38.4 Å². The van der Waals surface area contributed by atoms with E-state index in [2.05, 4.69) is 5.32 Å². The van der Waals surface area contributed by atoms with Crippen LogP contribution in [-0.4, -0.2) is 60.9 Å². The SMILES string of the molecule is CCOC1CC(O)C12CCN(C(=O)C1CNC1)CC2.Cl. The molecule has 0 bridgehead atoms. The monoisotopic (exact) mass is 304 g/mol. The highest BCUT2D eigenvalue weighted by Crippen LogP contribution is 2.51. The zero-order valence-electron chi connectivity index (χ0n) is 12.0. The molecular weight excluding hydrogens is 280 g/mol. The molecule has 1 spiro atoms. The van der Waals surface area contributed by atoms with Gasteiger partial charge >= 0.3 is 0 Å². The fourth-order valence-corrected chi connectivity index (χ4v) is 3.68. The molecule has 0 aromatic carbocycles. The molecule has 2 aliphatic heterocycles. The molecule has 2 heterocycles. The summed E-state index contributed by atoms with van der Waals surface area (Å²) in [7, 11) is 0. The summed E-state index contributed by atoms with van der Waals surface area (Å²) >= 11 is 0. The lowest BCUT2D eigenvalue weighted by atomic mass is 9.58. The fraction of sp³-hybridized carbons (Fsp3) is 0.929. The minimum absolute atomic E-state index is 0. The number of hydrogen-bond acceptors (Lipinski definition) is 4. The summed E-state index contributed by atoms with van der Waals surface area (Å²) in [6.45, 7) is 5.90. The van der Waals surface area contributed by atoms with Gasteiger partial charge in [0.15, 0.2) is 0 Å². The molecule has 1 amide bonds. The van der Waals surface area contributed by atoms with Crippen molar-refractivity contribution in [3.05, 3.63) is 0 Å². The number of piperidine rings is 1. The molecule has 0 radical (unpaired) electrons. The summed E-state index contributed by atoms with van der Waals surface area (Å²) in [6, 6.07) is 0. The van der Waals surface area contributed by atoms with E-state index in [9.17, 15) is 9.90 Å². The Kier molecular flexibility index (Phi) is 4.95. The van der Waals surface area contributed by atoms with Crippen molar-refractivity contribution in [1.82, 2.24) is 10.2 Å². The molecule has 5 nitrogen and oxygen atoms in total. The summed E-state index contributed by atoms with van der Waals surface area (Å²) < 4.78 is 5.74. The van der Waals surface area contributed by atoms with Crippen LogP contribution >= 0.6 is 12.4 Å². The van der Waals surface area contributed by atoms with Crippen molar-refractivity contribution in [2.24, 2.45) is 11.3 Å². The molecule has 20 heavy (non-hydrogen) atoms. The highest BCUT2D eigenvalue weighted by atomic mass is 35.5. The van der Waals surface area contributed by atoms with E-state index in [4.69, 9.17) is 4.74 Å². The average molecular weight is 305 g/mol. The molecule has 1 saturated carbocycles. The second-order valence-electron chi connectivity index (χ2n) is 6.11. The largest absolute Gasteiger partial charge is 0.392 e. The van der Waals surface area contributed by atoms with Gasteiger partial charge in [-0.3, -0.25) is 4.79 Å². The predicted molar refractivity (Wildman–Crippen MR) is 77.9 cm³/mol. The van der Waals surface area contributed by atoms with E-state index in [0.29, 0.717) is 6.61 Å². The lowest BCUT2D eigenvalue weighted by molar-refractivity contribution is -0.210. The molecule has 0 aromatic rings. The predicted octanol–water partition coefficient (Wildman–Crippen LogP) is 0.406. The van der Waals surface area contributed by atoms with Crippen molar-refractivity contribution in [3.63, 3.8) is 0 Å². The van der Waals surface area contributed by atoms with Gasteiger partial charge in [-0.15, -0.1) is 12.4 Å². The van der Waals surface area contributed by atoms with Crippen LogP contribution in [0.25, 0.3) is 0 Å². The number of nitrogens with zero attached hydrogens (tertiary/aromatic N) is 1. The summed E-state index contributed by atoms with van der Waals surface area (Å²) in [4.78, 5) is 14.2. The first-order valence-corrected chi connectivity index (χ1v) is 7.46. The van der Waals surface area contributed by atoms with Gasteiger partial charge in [0.05, 0.1) is 18.1 Å². The molecule has 0 aromatic heterocycles. The van der Waals surface area contributed by atoms with Crippen molar-refractivity contribution in [3.8, 4) is 0 Å². The number of likely N-dealkylation sites (tertiary alicyclic amines) is 1. The van der Waals surface area contributed by atoms with Crippen LogP contribution in [-0.2, 0) is 9.53 Å². The van der Waals surface area contributed by atoms with Gasteiger partial charge in [0, 0.05) is 44.6 Å². The number of halogens is 1. The van der Waals surface area contributed by atoms with E-state index >= 15 is 0 Å². The van der Waals surface area contributed by atoms with Crippen molar-refractivity contribution < 1.29 is 14.6 Å². The summed E-state index contributed by atoms with van der Waals surface area (Å²) in [5, 5.41) is 13.3. The number of aliphatic hydroxyl groups is 1. The van der Waals surface area contributed by atoms with Gasteiger partial charge in [0.2, 0.25) is 5.91 Å². The number of nitrogens with one attached hydrogen (secondary N) is 1. The highest BCUT2D eigenvalue weighted by molar-refractivity contribution is 5.85.